The van der Waals surface area contributed by atoms with Gasteiger partial charge in [-0.25, -0.2) is 0 Å². The van der Waals surface area contributed by atoms with Gasteiger partial charge in [-0.2, -0.15) is 0 Å². The smallest absolute Gasteiger partial charge is 0.203 e. The molecule has 0 N–H and O–H groups in total. The molecule has 0 aliphatic rings. The van der Waals surface area contributed by atoms with E-state index in [4.69, 9.17) is 153 Å². The van der Waals surface area contributed by atoms with Crippen LogP contribution < -0.4 is 37.8 Å². The van der Waals surface area contributed by atoms with Crippen LogP contribution in [0.5, 0.6) is 34.5 Å². The van der Waals surface area contributed by atoms with Crippen molar-refractivity contribution in [3.05, 3.63) is 60.9 Å². The number of nitrogens with zero attached hydrogens (tertiary/aromatic N) is 6. The number of aryl methyl sites for hydroxylation is 2. The molecule has 0 aliphatic carbocycles. The summed E-state index contributed by atoms with van der Waals surface area (Å²) >= 11 is 0. The third-order valence-corrected chi connectivity index (χ3v) is 15.6. The predicted octanol–water partition coefficient (Wildman–Crippen LogP) is 3.49. The van der Waals surface area contributed by atoms with Crippen LogP contribution in [0, 0.1) is 0 Å². The maximum atomic E-state index is 6.52. The Morgan fingerprint density at radius 3 is 0.596 bits per heavy atom. The molecule has 0 saturated heterocycles. The van der Waals surface area contributed by atoms with Crippen LogP contribution in [0.1, 0.15) is 0 Å². The molecule has 2 aromatic heterocycles. The summed E-state index contributed by atoms with van der Waals surface area (Å²) in [6.45, 7) is 18.1. The normalized spacial score (nSPS) is 11.6. The molecule has 0 amide bonds. The lowest BCUT2D eigenvalue weighted by Crippen LogP contribution is -2.33. The van der Waals surface area contributed by atoms with Crippen molar-refractivity contribution in [3.63, 3.8) is 0 Å². The molecular formula is C78H130N6O30+2. The minimum absolute atomic E-state index is 0.156. The molecule has 0 saturated carbocycles. The van der Waals surface area contributed by atoms with E-state index in [1.165, 1.54) is 0 Å². The van der Waals surface area contributed by atoms with E-state index >= 15 is 0 Å². The molecular weight excluding hydrogens is 1500 g/mol. The van der Waals surface area contributed by atoms with E-state index in [2.05, 4.69) is 6.07 Å². The number of ether oxygens (including phenoxy) is 30. The summed E-state index contributed by atoms with van der Waals surface area (Å²) < 4.78 is 179. The van der Waals surface area contributed by atoms with E-state index in [0.717, 1.165) is 22.5 Å². The maximum absolute atomic E-state index is 6.52. The monoisotopic (exact) mass is 1630 g/mol. The largest absolute Gasteiger partial charge is 0.487 e. The highest BCUT2D eigenvalue weighted by Crippen LogP contribution is 2.42. The fourth-order valence-corrected chi connectivity index (χ4v) is 9.90. The van der Waals surface area contributed by atoms with Crippen molar-refractivity contribution in [2.45, 2.75) is 0 Å². The molecule has 0 radical (unpaired) electrons. The van der Waals surface area contributed by atoms with Gasteiger partial charge in [-0.15, -0.1) is 18.7 Å². The second kappa shape index (κ2) is 68.8. The van der Waals surface area contributed by atoms with Crippen LogP contribution in [0.3, 0.4) is 0 Å². The minimum Gasteiger partial charge on any atom is -0.487 e. The first kappa shape index (κ1) is 98.4. The quantitative estimate of drug-likeness (QED) is 0.0397. The van der Waals surface area contributed by atoms with Gasteiger partial charge in [0.25, 0.3) is 0 Å². The molecule has 0 fully saturated rings. The van der Waals surface area contributed by atoms with Crippen LogP contribution in [-0.4, -0.2) is 380 Å². The molecule has 0 unspecified atom stereocenters. The Morgan fingerprint density at radius 2 is 0.404 bits per heavy atom. The lowest BCUT2D eigenvalue weighted by molar-refractivity contribution is -0.721. The summed E-state index contributed by atoms with van der Waals surface area (Å²) in [5.41, 5.74) is 4.50. The topological polar surface area (TPSA) is 320 Å². The zero-order valence-corrected chi connectivity index (χ0v) is 68.6. The summed E-state index contributed by atoms with van der Waals surface area (Å²) in [6, 6.07) is 15.5. The van der Waals surface area contributed by atoms with Crippen LogP contribution in [0.2, 0.25) is 0 Å². The Labute approximate surface area is 672 Å². The van der Waals surface area contributed by atoms with Crippen LogP contribution in [0.25, 0.3) is 33.9 Å². The van der Waals surface area contributed by atoms with Gasteiger partial charge in [0, 0.05) is 78.1 Å². The van der Waals surface area contributed by atoms with Gasteiger partial charge >= 0.3 is 0 Å². The SMILES string of the molecule is COCCOCCOCCOCCOc1cc(-n2cc(-c3cccc(-c4cn(-c5cc(OCCOCCOCCOCCOC)c(OCCOCCOCCOCCOC)c(OCCOCCOCCOCCOC)c5)n[n+]4C)c3)[n+](C)n2)cc(OCCOCCOCCOCCOC)c1OCCOCCOCCOCCOC. The molecule has 0 aliphatic heterocycles. The zero-order valence-electron chi connectivity index (χ0n) is 68.6. The molecule has 5 aromatic rings. The molecule has 650 valence electrons. The fraction of sp³-hybridized carbons (Fsp3) is 0.718. The number of benzene rings is 3. The van der Waals surface area contributed by atoms with Gasteiger partial charge in [-0.3, -0.25) is 0 Å². The number of hydrogen-bond donors (Lipinski definition) is 0. The second-order valence-electron chi connectivity index (χ2n) is 24.1. The molecule has 114 heavy (non-hydrogen) atoms. The highest BCUT2D eigenvalue weighted by atomic mass is 16.6. The molecule has 5 rings (SSSR count). The van der Waals surface area contributed by atoms with Crippen molar-refractivity contribution >= 4 is 0 Å². The van der Waals surface area contributed by atoms with Crippen molar-refractivity contribution in [2.24, 2.45) is 14.1 Å². The second-order valence-corrected chi connectivity index (χ2v) is 24.1. The Morgan fingerprint density at radius 1 is 0.228 bits per heavy atom. The molecule has 3 aromatic carbocycles. The standard InChI is InChI=1S/C78H130N6O30/c1-81-71(65-83(79-81)69-61-73(109-54-48-103-42-36-97-30-24-91-18-12-85-3)77(113-58-52-107-46-40-101-34-28-95-22-16-89-7)74(62-69)110-55-49-104-43-37-98-31-25-92-19-13-86-4)67-10-9-11-68(60-67)72-66-84(80-82(72)2)70-63-75(111-56-50-105-44-38-99-32-26-93-20-14-87-5)78(114-59-53-108-47-41-102-35-29-96-23-17-90-8)76(64-70)112-57-51-106-45-39-100-33-27-94-21-15-88-6/h9-11,60-66H,12-59H2,1-8H3/q+2. The highest BCUT2D eigenvalue weighted by Gasteiger charge is 2.26. The van der Waals surface area contributed by atoms with Gasteiger partial charge in [-0.05, 0) is 6.07 Å². The Kier molecular flexibility index (Phi) is 59.4. The van der Waals surface area contributed by atoms with E-state index in [1.54, 1.807) is 61.4 Å². The van der Waals surface area contributed by atoms with E-state index in [-0.39, 0.29) is 79.3 Å². The lowest BCUT2D eigenvalue weighted by atomic mass is 10.1. The minimum atomic E-state index is 0.156. The van der Waals surface area contributed by atoms with Gasteiger partial charge in [0.2, 0.25) is 11.5 Å². The molecule has 2 heterocycles. The predicted molar refractivity (Wildman–Crippen MR) is 413 cm³/mol. The first-order valence-corrected chi connectivity index (χ1v) is 38.8. The zero-order chi connectivity index (χ0) is 80.9. The molecule has 0 atom stereocenters. The lowest BCUT2D eigenvalue weighted by Gasteiger charge is -2.18. The molecule has 0 bridgehead atoms. The third kappa shape index (κ3) is 45.5. The van der Waals surface area contributed by atoms with E-state index in [1.807, 2.05) is 69.0 Å². The summed E-state index contributed by atoms with van der Waals surface area (Å²) in [7, 11) is 13.6. The first-order valence-electron chi connectivity index (χ1n) is 38.8. The Bertz CT molecular complexity index is 2790. The summed E-state index contributed by atoms with van der Waals surface area (Å²) in [6.07, 6.45) is 3.87. The first-order chi connectivity index (χ1) is 56.3. The van der Waals surface area contributed by atoms with Crippen molar-refractivity contribution in [2.75, 3.05) is 360 Å². The number of rotatable bonds is 82. The highest BCUT2D eigenvalue weighted by molar-refractivity contribution is 5.67. The van der Waals surface area contributed by atoms with E-state index in [0.29, 0.717) is 284 Å². The maximum Gasteiger partial charge on any atom is 0.203 e. The average Bonchev–Trinajstić information content (AvgIpc) is 1.66. The Hall–Kier alpha value is -6.22. The van der Waals surface area contributed by atoms with Crippen LogP contribution in [0.4, 0.5) is 0 Å². The van der Waals surface area contributed by atoms with Crippen molar-refractivity contribution < 1.29 is 151 Å². The summed E-state index contributed by atoms with van der Waals surface area (Å²) in [5.74, 6) is 2.22. The fourth-order valence-electron chi connectivity index (χ4n) is 9.90. The van der Waals surface area contributed by atoms with Gasteiger partial charge in [0.1, 0.15) is 53.7 Å². The third-order valence-electron chi connectivity index (χ3n) is 15.6. The average molecular weight is 1630 g/mol. The van der Waals surface area contributed by atoms with Crippen LogP contribution in [-0.2, 0) is 128 Å². The van der Waals surface area contributed by atoms with Crippen molar-refractivity contribution in [1.29, 1.82) is 0 Å². The van der Waals surface area contributed by atoms with Crippen molar-refractivity contribution in [3.8, 4) is 68.4 Å². The van der Waals surface area contributed by atoms with Gasteiger partial charge < -0.3 is 142 Å². The molecule has 36 heteroatoms. The molecule has 0 spiro atoms. The summed E-state index contributed by atoms with van der Waals surface area (Å²) in [5, 5.41) is 10.0. The van der Waals surface area contributed by atoms with Crippen molar-refractivity contribution in [1.82, 2.24) is 19.8 Å². The van der Waals surface area contributed by atoms with Crippen LogP contribution in [0.15, 0.2) is 60.9 Å². The summed E-state index contributed by atoms with van der Waals surface area (Å²) in [4.78, 5) is 0. The van der Waals surface area contributed by atoms with Gasteiger partial charge in [0.15, 0.2) is 58.2 Å². The van der Waals surface area contributed by atoms with Gasteiger partial charge in [-0.1, -0.05) is 18.2 Å². The van der Waals surface area contributed by atoms with Gasteiger partial charge in [0.05, 0.1) is 288 Å². The number of aromatic nitrogens is 6. The van der Waals surface area contributed by atoms with E-state index in [9.17, 15) is 0 Å². The number of hydrogen-bond acceptors (Lipinski definition) is 32. The van der Waals surface area contributed by atoms with Crippen LogP contribution >= 0.6 is 0 Å². The molecule has 36 nitrogen and oxygen atoms in total. The number of methoxy groups -OCH3 is 6. The Balaban J connectivity index is 1.42. The van der Waals surface area contributed by atoms with E-state index < -0.39 is 0 Å².